The molecular formula is C13H16N4O5. The quantitative estimate of drug-likeness (QED) is 0.518. The SMILES string of the molecule is C[C@@H](O)[C@H]1O[C@@H](n2ccc(=O)c3c(N)ncnc32)[C@H](O)[C@@H]1O. The van der Waals surface area contributed by atoms with Crippen molar-refractivity contribution in [3.8, 4) is 0 Å². The number of hydrogen-bond donors (Lipinski definition) is 4. The first-order valence-electron chi connectivity index (χ1n) is 6.73. The van der Waals surface area contributed by atoms with E-state index < -0.39 is 30.6 Å². The lowest BCUT2D eigenvalue weighted by Crippen LogP contribution is -2.37. The van der Waals surface area contributed by atoms with Crippen LogP contribution in [0.2, 0.25) is 0 Å². The Kier molecular flexibility index (Phi) is 3.57. The Balaban J connectivity index is 2.14. The lowest BCUT2D eigenvalue weighted by Gasteiger charge is -2.20. The summed E-state index contributed by atoms with van der Waals surface area (Å²) in [5, 5.41) is 29.9. The molecule has 5 N–H and O–H groups in total. The van der Waals surface area contributed by atoms with Crippen LogP contribution in [-0.2, 0) is 4.74 Å². The molecule has 118 valence electrons. The molecule has 1 saturated heterocycles. The molecular weight excluding hydrogens is 292 g/mol. The second-order valence-electron chi connectivity index (χ2n) is 5.26. The smallest absolute Gasteiger partial charge is 0.194 e. The van der Waals surface area contributed by atoms with Crippen LogP contribution in [0, 0.1) is 0 Å². The van der Waals surface area contributed by atoms with E-state index in [4.69, 9.17) is 10.5 Å². The topological polar surface area (TPSA) is 144 Å². The minimum absolute atomic E-state index is 0.0180. The highest BCUT2D eigenvalue weighted by atomic mass is 16.6. The third-order valence-corrected chi connectivity index (χ3v) is 3.76. The molecule has 2 aromatic heterocycles. The number of hydrogen-bond acceptors (Lipinski definition) is 8. The van der Waals surface area contributed by atoms with Crippen LogP contribution in [0.1, 0.15) is 13.2 Å². The van der Waals surface area contributed by atoms with Crippen molar-refractivity contribution in [2.24, 2.45) is 0 Å². The van der Waals surface area contributed by atoms with Gasteiger partial charge in [-0.15, -0.1) is 0 Å². The Hall–Kier alpha value is -2.07. The number of nitrogens with two attached hydrogens (primary N) is 1. The Bertz CT molecular complexity index is 762. The number of aliphatic hydroxyl groups is 3. The zero-order valence-electron chi connectivity index (χ0n) is 11.7. The van der Waals surface area contributed by atoms with E-state index in [0.717, 1.165) is 0 Å². The summed E-state index contributed by atoms with van der Waals surface area (Å²) in [6.45, 7) is 1.45. The van der Waals surface area contributed by atoms with Gasteiger partial charge in [-0.25, -0.2) is 9.97 Å². The Morgan fingerprint density at radius 3 is 2.73 bits per heavy atom. The molecule has 2 aromatic rings. The molecule has 0 saturated carbocycles. The van der Waals surface area contributed by atoms with Gasteiger partial charge in [0.15, 0.2) is 17.3 Å². The van der Waals surface area contributed by atoms with E-state index in [2.05, 4.69) is 9.97 Å². The van der Waals surface area contributed by atoms with Crippen LogP contribution in [0.25, 0.3) is 11.0 Å². The summed E-state index contributed by atoms with van der Waals surface area (Å²) in [7, 11) is 0. The van der Waals surface area contributed by atoms with Crippen LogP contribution in [-0.4, -0.2) is 54.3 Å². The number of aliphatic hydroxyl groups excluding tert-OH is 3. The van der Waals surface area contributed by atoms with E-state index in [1.165, 1.54) is 30.1 Å². The fraction of sp³-hybridized carbons (Fsp3) is 0.462. The number of pyridine rings is 1. The Morgan fingerprint density at radius 1 is 1.36 bits per heavy atom. The van der Waals surface area contributed by atoms with Crippen molar-refractivity contribution in [1.82, 2.24) is 14.5 Å². The summed E-state index contributed by atoms with van der Waals surface area (Å²) in [6, 6.07) is 1.25. The van der Waals surface area contributed by atoms with E-state index in [-0.39, 0.29) is 22.3 Å². The fourth-order valence-corrected chi connectivity index (χ4v) is 2.64. The summed E-state index contributed by atoms with van der Waals surface area (Å²) < 4.78 is 6.92. The van der Waals surface area contributed by atoms with Crippen molar-refractivity contribution in [3.63, 3.8) is 0 Å². The third kappa shape index (κ3) is 2.15. The molecule has 0 radical (unpaired) electrons. The number of ether oxygens (including phenoxy) is 1. The van der Waals surface area contributed by atoms with E-state index in [0.29, 0.717) is 0 Å². The minimum Gasteiger partial charge on any atom is -0.391 e. The molecule has 3 heterocycles. The molecule has 22 heavy (non-hydrogen) atoms. The van der Waals surface area contributed by atoms with Crippen molar-refractivity contribution in [1.29, 1.82) is 0 Å². The van der Waals surface area contributed by atoms with Gasteiger partial charge in [0.2, 0.25) is 0 Å². The van der Waals surface area contributed by atoms with Crippen molar-refractivity contribution >= 4 is 16.9 Å². The van der Waals surface area contributed by atoms with Crippen LogP contribution in [0.4, 0.5) is 5.82 Å². The summed E-state index contributed by atoms with van der Waals surface area (Å²) in [5.41, 5.74) is 5.53. The predicted molar refractivity (Wildman–Crippen MR) is 75.8 cm³/mol. The van der Waals surface area contributed by atoms with Crippen LogP contribution < -0.4 is 11.2 Å². The van der Waals surface area contributed by atoms with Crippen LogP contribution in [0.3, 0.4) is 0 Å². The number of aromatic nitrogens is 3. The predicted octanol–water partition coefficient (Wildman–Crippen LogP) is -1.63. The minimum atomic E-state index is -1.29. The zero-order chi connectivity index (χ0) is 16.0. The maximum atomic E-state index is 11.9. The van der Waals surface area contributed by atoms with Gasteiger partial charge in [-0.2, -0.15) is 0 Å². The third-order valence-electron chi connectivity index (χ3n) is 3.76. The highest BCUT2D eigenvalue weighted by Crippen LogP contribution is 2.32. The number of nitrogen functional groups attached to an aromatic ring is 1. The Labute approximate surface area is 124 Å². The van der Waals surface area contributed by atoms with Crippen molar-refractivity contribution in [2.45, 2.75) is 37.6 Å². The summed E-state index contributed by atoms with van der Waals surface area (Å²) in [5.74, 6) is 0.0180. The van der Waals surface area contributed by atoms with Crippen LogP contribution in [0.15, 0.2) is 23.4 Å². The van der Waals surface area contributed by atoms with Gasteiger partial charge in [0.05, 0.1) is 6.10 Å². The molecule has 9 heteroatoms. The van der Waals surface area contributed by atoms with Crippen molar-refractivity contribution < 1.29 is 20.1 Å². The summed E-state index contributed by atoms with van der Waals surface area (Å²) in [6.07, 6.45) is -2.90. The first-order chi connectivity index (χ1) is 10.4. The summed E-state index contributed by atoms with van der Waals surface area (Å²) in [4.78, 5) is 19.7. The molecule has 0 spiro atoms. The second kappa shape index (κ2) is 5.29. The largest absolute Gasteiger partial charge is 0.391 e. The number of anilines is 1. The highest BCUT2D eigenvalue weighted by molar-refractivity contribution is 5.84. The van der Waals surface area contributed by atoms with Gasteiger partial charge in [0, 0.05) is 12.3 Å². The van der Waals surface area contributed by atoms with Gasteiger partial charge in [0.1, 0.15) is 35.8 Å². The molecule has 1 aliphatic heterocycles. The van der Waals surface area contributed by atoms with Gasteiger partial charge in [-0.1, -0.05) is 0 Å². The molecule has 0 unspecified atom stereocenters. The monoisotopic (exact) mass is 308 g/mol. The van der Waals surface area contributed by atoms with Crippen LogP contribution >= 0.6 is 0 Å². The molecule has 1 aliphatic rings. The average molecular weight is 308 g/mol. The normalized spacial score (nSPS) is 29.8. The van der Waals surface area contributed by atoms with Crippen LogP contribution in [0.5, 0.6) is 0 Å². The number of fused-ring (bicyclic) bond motifs is 1. The van der Waals surface area contributed by atoms with Gasteiger partial charge in [-0.3, -0.25) is 4.79 Å². The number of rotatable bonds is 2. The molecule has 9 nitrogen and oxygen atoms in total. The maximum absolute atomic E-state index is 11.9. The van der Waals surface area contributed by atoms with Gasteiger partial charge in [-0.05, 0) is 6.92 Å². The van der Waals surface area contributed by atoms with Crippen molar-refractivity contribution in [2.75, 3.05) is 5.73 Å². The molecule has 0 aliphatic carbocycles. The second-order valence-corrected chi connectivity index (χ2v) is 5.26. The standard InChI is InChI=1S/C13H16N4O5/c1-5(18)10-8(20)9(21)13(22-10)17-3-2-6(19)7-11(14)15-4-16-12(7)17/h2-5,8-10,13,18,20-21H,1H3,(H2,14,15,16)/t5-,8+,9-,10-,13-/m1/s1. The maximum Gasteiger partial charge on any atom is 0.194 e. The molecule has 1 fully saturated rings. The van der Waals surface area contributed by atoms with Crippen molar-refractivity contribution in [3.05, 3.63) is 28.8 Å². The average Bonchev–Trinajstić information content (AvgIpc) is 2.76. The highest BCUT2D eigenvalue weighted by Gasteiger charge is 2.45. The van der Waals surface area contributed by atoms with Gasteiger partial charge < -0.3 is 30.4 Å². The van der Waals surface area contributed by atoms with Gasteiger partial charge >= 0.3 is 0 Å². The fourth-order valence-electron chi connectivity index (χ4n) is 2.64. The first-order valence-corrected chi connectivity index (χ1v) is 6.73. The molecule has 0 amide bonds. The molecule has 0 bridgehead atoms. The molecule has 5 atom stereocenters. The van der Waals surface area contributed by atoms with E-state index in [1.807, 2.05) is 0 Å². The zero-order valence-corrected chi connectivity index (χ0v) is 11.7. The first kappa shape index (κ1) is 14.9. The lowest BCUT2D eigenvalue weighted by molar-refractivity contribution is -0.0777. The molecule has 3 rings (SSSR count). The van der Waals surface area contributed by atoms with Gasteiger partial charge in [0.25, 0.3) is 0 Å². The lowest BCUT2D eigenvalue weighted by atomic mass is 10.1. The Morgan fingerprint density at radius 2 is 2.09 bits per heavy atom. The van der Waals surface area contributed by atoms with E-state index in [9.17, 15) is 20.1 Å². The number of nitrogens with zero attached hydrogens (tertiary/aromatic N) is 3. The molecule has 0 aromatic carbocycles. The van der Waals surface area contributed by atoms with E-state index >= 15 is 0 Å². The van der Waals surface area contributed by atoms with E-state index in [1.54, 1.807) is 0 Å². The summed E-state index contributed by atoms with van der Waals surface area (Å²) >= 11 is 0.